The van der Waals surface area contributed by atoms with E-state index < -0.39 is 18.1 Å². The summed E-state index contributed by atoms with van der Waals surface area (Å²) < 4.78 is 5.32. The Balaban J connectivity index is 2.08. The van der Waals surface area contributed by atoms with Gasteiger partial charge in [0.2, 0.25) is 5.91 Å². The number of piperidine rings is 1. The lowest BCUT2D eigenvalue weighted by Crippen LogP contribution is -2.62. The zero-order valence-corrected chi connectivity index (χ0v) is 16.8. The van der Waals surface area contributed by atoms with Crippen LogP contribution in [0, 0.1) is 5.92 Å². The minimum absolute atomic E-state index is 0.0112. The summed E-state index contributed by atoms with van der Waals surface area (Å²) in [6, 6.07) is -1.12. The predicted molar refractivity (Wildman–Crippen MR) is 104 cm³/mol. The predicted octanol–water partition coefficient (Wildman–Crippen LogP) is 0.448. The quantitative estimate of drug-likeness (QED) is 0.512. The van der Waals surface area contributed by atoms with Crippen molar-refractivity contribution in [1.82, 2.24) is 15.5 Å². The van der Waals surface area contributed by atoms with Crippen molar-refractivity contribution in [2.75, 3.05) is 19.7 Å². The molecule has 0 aromatic heterocycles. The van der Waals surface area contributed by atoms with Crippen LogP contribution < -0.4 is 16.4 Å². The summed E-state index contributed by atoms with van der Waals surface area (Å²) in [7, 11) is 0. The SMILES string of the molecule is CC(=O)N[C@H]1[C@H](N2CCC[C@H](COC(=O)NC(C)C)C2)C=C(C(=O)O)C[C@@H]1N. The van der Waals surface area contributed by atoms with Gasteiger partial charge >= 0.3 is 12.1 Å². The highest BCUT2D eigenvalue weighted by Crippen LogP contribution is 2.27. The molecule has 1 heterocycles. The maximum Gasteiger partial charge on any atom is 0.407 e. The number of aliphatic carboxylic acids is 1. The van der Waals surface area contributed by atoms with Crippen molar-refractivity contribution in [3.8, 4) is 0 Å². The van der Waals surface area contributed by atoms with E-state index in [0.717, 1.165) is 19.4 Å². The summed E-state index contributed by atoms with van der Waals surface area (Å²) in [5.74, 6) is -1.03. The zero-order chi connectivity index (χ0) is 20.8. The van der Waals surface area contributed by atoms with Crippen LogP contribution in [-0.4, -0.2) is 71.8 Å². The number of carbonyl (C=O) groups is 3. The van der Waals surface area contributed by atoms with Gasteiger partial charge < -0.3 is 26.2 Å². The molecule has 1 saturated heterocycles. The minimum Gasteiger partial charge on any atom is -0.478 e. The topological polar surface area (TPSA) is 134 Å². The van der Waals surface area contributed by atoms with Crippen LogP contribution in [0.3, 0.4) is 0 Å². The maximum absolute atomic E-state index is 11.7. The van der Waals surface area contributed by atoms with Crippen molar-refractivity contribution < 1.29 is 24.2 Å². The molecule has 0 aromatic carbocycles. The number of ether oxygens (including phenoxy) is 1. The number of nitrogens with one attached hydrogen (secondary N) is 2. The van der Waals surface area contributed by atoms with Crippen LogP contribution in [-0.2, 0) is 14.3 Å². The average Bonchev–Trinajstić information content (AvgIpc) is 2.60. The van der Waals surface area contributed by atoms with Gasteiger partial charge in [0.05, 0.1) is 18.7 Å². The normalized spacial score (nSPS) is 28.4. The van der Waals surface area contributed by atoms with E-state index in [-0.39, 0.29) is 41.9 Å². The Labute approximate surface area is 165 Å². The van der Waals surface area contributed by atoms with Crippen molar-refractivity contribution in [2.24, 2.45) is 11.7 Å². The summed E-state index contributed by atoms with van der Waals surface area (Å²) in [5, 5.41) is 15.0. The monoisotopic (exact) mass is 396 g/mol. The van der Waals surface area contributed by atoms with E-state index in [1.807, 2.05) is 13.8 Å². The lowest BCUT2D eigenvalue weighted by atomic mass is 9.84. The molecule has 0 aromatic rings. The van der Waals surface area contributed by atoms with Crippen LogP contribution >= 0.6 is 0 Å². The Morgan fingerprint density at radius 1 is 1.39 bits per heavy atom. The van der Waals surface area contributed by atoms with Gasteiger partial charge in [-0.2, -0.15) is 0 Å². The number of alkyl carbamates (subject to hydrolysis) is 1. The summed E-state index contributed by atoms with van der Waals surface area (Å²) >= 11 is 0. The second-order valence-electron chi connectivity index (χ2n) is 7.98. The first kappa shape index (κ1) is 22.2. The Hall–Kier alpha value is -2.13. The fraction of sp³-hybridized carbons (Fsp3) is 0.737. The smallest absolute Gasteiger partial charge is 0.407 e. The summed E-state index contributed by atoms with van der Waals surface area (Å²) in [4.78, 5) is 37.0. The van der Waals surface area contributed by atoms with Crippen LogP contribution in [0.15, 0.2) is 11.6 Å². The second kappa shape index (κ2) is 9.88. The summed E-state index contributed by atoms with van der Waals surface area (Å²) in [5.41, 5.74) is 6.48. The molecule has 0 bridgehead atoms. The Morgan fingerprint density at radius 2 is 2.11 bits per heavy atom. The molecule has 0 radical (unpaired) electrons. The molecule has 2 aliphatic rings. The molecular weight excluding hydrogens is 364 g/mol. The van der Waals surface area contributed by atoms with Gasteiger partial charge in [0.1, 0.15) is 0 Å². The van der Waals surface area contributed by atoms with Crippen molar-refractivity contribution in [3.63, 3.8) is 0 Å². The molecule has 0 unspecified atom stereocenters. The number of nitrogens with zero attached hydrogens (tertiary/aromatic N) is 1. The molecule has 5 N–H and O–H groups in total. The number of nitrogens with two attached hydrogens (primary N) is 1. The molecule has 28 heavy (non-hydrogen) atoms. The van der Waals surface area contributed by atoms with Crippen molar-refractivity contribution in [1.29, 1.82) is 0 Å². The van der Waals surface area contributed by atoms with Gasteiger partial charge in [-0.1, -0.05) is 6.08 Å². The number of carbonyl (C=O) groups excluding carboxylic acids is 2. The molecule has 9 heteroatoms. The zero-order valence-electron chi connectivity index (χ0n) is 16.8. The first-order chi connectivity index (χ1) is 13.2. The number of likely N-dealkylation sites (tertiary alicyclic amines) is 1. The number of carboxylic acids is 1. The van der Waals surface area contributed by atoms with E-state index in [2.05, 4.69) is 15.5 Å². The van der Waals surface area contributed by atoms with Crippen LogP contribution in [0.1, 0.15) is 40.0 Å². The van der Waals surface area contributed by atoms with E-state index in [9.17, 15) is 19.5 Å². The van der Waals surface area contributed by atoms with Crippen LogP contribution in [0.2, 0.25) is 0 Å². The van der Waals surface area contributed by atoms with Crippen molar-refractivity contribution in [3.05, 3.63) is 11.6 Å². The lowest BCUT2D eigenvalue weighted by Gasteiger charge is -2.44. The number of hydrogen-bond donors (Lipinski definition) is 4. The Morgan fingerprint density at radius 3 is 2.71 bits per heavy atom. The third-order valence-corrected chi connectivity index (χ3v) is 5.13. The molecular formula is C19H32N4O5. The lowest BCUT2D eigenvalue weighted by molar-refractivity contribution is -0.133. The number of carboxylic acid groups (broad SMARTS) is 1. The fourth-order valence-electron chi connectivity index (χ4n) is 3.91. The van der Waals surface area contributed by atoms with Gasteiger partial charge in [0.25, 0.3) is 0 Å². The Bertz CT molecular complexity index is 621. The number of hydrogen-bond acceptors (Lipinski definition) is 6. The first-order valence-corrected chi connectivity index (χ1v) is 9.81. The van der Waals surface area contributed by atoms with E-state index in [0.29, 0.717) is 13.2 Å². The Kier molecular flexibility index (Phi) is 7.82. The highest BCUT2D eigenvalue weighted by molar-refractivity contribution is 5.87. The van der Waals surface area contributed by atoms with Crippen LogP contribution in [0.25, 0.3) is 0 Å². The van der Waals surface area contributed by atoms with E-state index in [1.165, 1.54) is 6.92 Å². The minimum atomic E-state index is -0.982. The third kappa shape index (κ3) is 6.20. The molecule has 0 spiro atoms. The van der Waals surface area contributed by atoms with Crippen LogP contribution in [0.5, 0.6) is 0 Å². The highest BCUT2D eigenvalue weighted by Gasteiger charge is 2.38. The number of amides is 2. The first-order valence-electron chi connectivity index (χ1n) is 9.81. The molecule has 1 aliphatic carbocycles. The molecule has 1 fully saturated rings. The summed E-state index contributed by atoms with van der Waals surface area (Å²) in [6.07, 6.45) is 3.31. The molecule has 1 aliphatic heterocycles. The van der Waals surface area contributed by atoms with Crippen LogP contribution in [0.4, 0.5) is 4.79 Å². The molecule has 0 saturated carbocycles. The average molecular weight is 396 g/mol. The van der Waals surface area contributed by atoms with E-state index in [1.54, 1.807) is 6.08 Å². The van der Waals surface area contributed by atoms with Gasteiger partial charge in [-0.05, 0) is 39.7 Å². The van der Waals surface area contributed by atoms with Gasteiger partial charge in [-0.15, -0.1) is 0 Å². The second-order valence-corrected chi connectivity index (χ2v) is 7.98. The molecule has 158 valence electrons. The molecule has 4 atom stereocenters. The fourth-order valence-corrected chi connectivity index (χ4v) is 3.91. The maximum atomic E-state index is 11.7. The van der Waals surface area contributed by atoms with Gasteiger partial charge in [-0.3, -0.25) is 9.69 Å². The van der Waals surface area contributed by atoms with Gasteiger partial charge in [-0.25, -0.2) is 9.59 Å². The van der Waals surface area contributed by atoms with E-state index in [4.69, 9.17) is 10.5 Å². The molecule has 2 rings (SSSR count). The third-order valence-electron chi connectivity index (χ3n) is 5.13. The summed E-state index contributed by atoms with van der Waals surface area (Å²) in [6.45, 7) is 6.88. The highest BCUT2D eigenvalue weighted by atomic mass is 16.5. The van der Waals surface area contributed by atoms with Gasteiger partial charge in [0, 0.05) is 37.0 Å². The molecule has 2 amide bonds. The number of rotatable bonds is 6. The van der Waals surface area contributed by atoms with Crippen molar-refractivity contribution in [2.45, 2.75) is 64.2 Å². The largest absolute Gasteiger partial charge is 0.478 e. The van der Waals surface area contributed by atoms with Crippen molar-refractivity contribution >= 4 is 18.0 Å². The van der Waals surface area contributed by atoms with Gasteiger partial charge in [0.15, 0.2) is 0 Å². The standard InChI is InChI=1S/C19H32N4O5/c1-11(2)21-19(27)28-10-13-5-4-6-23(9-13)16-8-14(18(25)26)7-15(20)17(16)22-12(3)24/h8,11,13,15-17H,4-7,9-10,20H2,1-3H3,(H,21,27)(H,22,24)(H,25,26)/t13-,15-,16+,17+/m0/s1. The molecule has 9 nitrogen and oxygen atoms in total. The van der Waals surface area contributed by atoms with E-state index >= 15 is 0 Å².